The summed E-state index contributed by atoms with van der Waals surface area (Å²) < 4.78 is 7.56. The average Bonchev–Trinajstić information content (AvgIpc) is 3.14. The predicted molar refractivity (Wildman–Crippen MR) is 119 cm³/mol. The fourth-order valence-electron chi connectivity index (χ4n) is 3.78. The van der Waals surface area contributed by atoms with Crippen molar-refractivity contribution in [2.24, 2.45) is 0 Å². The second-order valence-corrected chi connectivity index (χ2v) is 7.70. The Morgan fingerprint density at radius 2 is 1.77 bits per heavy atom. The van der Waals surface area contributed by atoms with Crippen LogP contribution in [0.15, 0.2) is 55.0 Å². The van der Waals surface area contributed by atoms with E-state index in [2.05, 4.69) is 16.0 Å². The van der Waals surface area contributed by atoms with Crippen LogP contribution < -0.4 is 5.73 Å². The smallest absolute Gasteiger partial charge is 0.161 e. The lowest BCUT2D eigenvalue weighted by Crippen LogP contribution is -2.36. The average molecular weight is 422 g/mol. The second kappa shape index (κ2) is 8.60. The molecule has 2 heterocycles. The van der Waals surface area contributed by atoms with Crippen LogP contribution in [0.1, 0.15) is 20.1 Å². The Labute approximate surface area is 179 Å². The Morgan fingerprint density at radius 3 is 2.45 bits per heavy atom. The van der Waals surface area contributed by atoms with E-state index >= 15 is 0 Å². The van der Waals surface area contributed by atoms with Gasteiger partial charge in [-0.2, -0.15) is 0 Å². The highest BCUT2D eigenvalue weighted by atomic mass is 16.5. The van der Waals surface area contributed by atoms with Crippen LogP contribution >= 0.6 is 0 Å². The SMILES string of the molecule is CC(O)C(CO)OC(C(C)O)n1cc(-c2ccc3ccccc3c2)c2c(N)ncnc21. The maximum Gasteiger partial charge on any atom is 0.161 e. The third-order valence-corrected chi connectivity index (χ3v) is 5.42. The van der Waals surface area contributed by atoms with Crippen molar-refractivity contribution in [1.82, 2.24) is 14.5 Å². The number of benzene rings is 2. The first kappa shape index (κ1) is 21.2. The zero-order valence-electron chi connectivity index (χ0n) is 17.4. The van der Waals surface area contributed by atoms with Crippen LogP contribution in [-0.4, -0.2) is 54.8 Å². The summed E-state index contributed by atoms with van der Waals surface area (Å²) in [6.07, 6.45) is -0.488. The van der Waals surface area contributed by atoms with Gasteiger partial charge in [0.15, 0.2) is 6.23 Å². The van der Waals surface area contributed by atoms with Gasteiger partial charge in [0.1, 0.15) is 23.9 Å². The van der Waals surface area contributed by atoms with E-state index in [1.165, 1.54) is 13.3 Å². The number of hydrogen-bond donors (Lipinski definition) is 4. The maximum atomic E-state index is 10.5. The molecule has 0 aliphatic carbocycles. The van der Waals surface area contributed by atoms with E-state index in [4.69, 9.17) is 10.5 Å². The molecule has 31 heavy (non-hydrogen) atoms. The van der Waals surface area contributed by atoms with E-state index < -0.39 is 31.1 Å². The topological polar surface area (TPSA) is 127 Å². The number of ether oxygens (including phenoxy) is 1. The molecule has 0 aliphatic heterocycles. The van der Waals surface area contributed by atoms with Crippen molar-refractivity contribution in [3.8, 4) is 11.1 Å². The molecule has 2 aromatic carbocycles. The van der Waals surface area contributed by atoms with Gasteiger partial charge in [-0.1, -0.05) is 36.4 Å². The third kappa shape index (κ3) is 3.98. The zero-order valence-corrected chi connectivity index (χ0v) is 17.4. The standard InChI is InChI=1S/C23H26N4O4/c1-13(29)19(11-28)31-23(14(2)30)27-10-18(20-21(24)25-12-26-22(20)27)17-8-7-15-5-3-4-6-16(15)9-17/h3-10,12-14,19,23,28-30H,11H2,1-2H3,(H2,24,25,26). The molecular formula is C23H26N4O4. The van der Waals surface area contributed by atoms with Gasteiger partial charge in [-0.3, -0.25) is 0 Å². The van der Waals surface area contributed by atoms with Crippen molar-refractivity contribution < 1.29 is 20.1 Å². The summed E-state index contributed by atoms with van der Waals surface area (Å²) in [6, 6.07) is 14.1. The van der Waals surface area contributed by atoms with Crippen molar-refractivity contribution in [2.75, 3.05) is 12.3 Å². The van der Waals surface area contributed by atoms with E-state index in [0.717, 1.165) is 21.9 Å². The number of hydrogen-bond acceptors (Lipinski definition) is 7. The first-order valence-corrected chi connectivity index (χ1v) is 10.1. The number of aliphatic hydroxyl groups excluding tert-OH is 3. The minimum atomic E-state index is -0.955. The van der Waals surface area contributed by atoms with Crippen LogP contribution in [0.25, 0.3) is 32.9 Å². The number of aromatic nitrogens is 3. The minimum absolute atomic E-state index is 0.311. The van der Waals surface area contributed by atoms with Gasteiger partial charge in [-0.25, -0.2) is 9.97 Å². The Bertz CT molecular complexity index is 1200. The number of nitrogen functional groups attached to an aromatic ring is 1. The molecule has 4 rings (SSSR count). The van der Waals surface area contributed by atoms with Crippen molar-refractivity contribution >= 4 is 27.6 Å². The van der Waals surface area contributed by atoms with Gasteiger partial charge >= 0.3 is 0 Å². The lowest BCUT2D eigenvalue weighted by atomic mass is 10.0. The van der Waals surface area contributed by atoms with Crippen LogP contribution in [0.2, 0.25) is 0 Å². The molecule has 0 amide bonds. The second-order valence-electron chi connectivity index (χ2n) is 7.70. The van der Waals surface area contributed by atoms with Crippen LogP contribution in [-0.2, 0) is 4.74 Å². The van der Waals surface area contributed by atoms with Crippen LogP contribution in [0.4, 0.5) is 5.82 Å². The predicted octanol–water partition coefficient (Wildman–Crippen LogP) is 2.47. The highest BCUT2D eigenvalue weighted by Gasteiger charge is 2.28. The van der Waals surface area contributed by atoms with Gasteiger partial charge in [0.2, 0.25) is 0 Å². The molecule has 0 spiro atoms. The Hall–Kier alpha value is -3.04. The van der Waals surface area contributed by atoms with Gasteiger partial charge in [0, 0.05) is 11.8 Å². The molecule has 8 heteroatoms. The third-order valence-electron chi connectivity index (χ3n) is 5.42. The maximum absolute atomic E-state index is 10.5. The molecule has 0 fully saturated rings. The highest BCUT2D eigenvalue weighted by molar-refractivity contribution is 6.02. The summed E-state index contributed by atoms with van der Waals surface area (Å²) in [5, 5.41) is 32.8. The number of fused-ring (bicyclic) bond motifs is 2. The van der Waals surface area contributed by atoms with E-state index in [0.29, 0.717) is 16.9 Å². The van der Waals surface area contributed by atoms with Crippen LogP contribution in [0, 0.1) is 0 Å². The molecule has 5 N–H and O–H groups in total. The zero-order chi connectivity index (χ0) is 22.1. The molecule has 0 aliphatic rings. The van der Waals surface area contributed by atoms with Crippen molar-refractivity contribution in [3.63, 3.8) is 0 Å². The normalized spacial score (nSPS) is 15.8. The van der Waals surface area contributed by atoms with Gasteiger partial charge in [0.25, 0.3) is 0 Å². The molecule has 4 atom stereocenters. The number of nitrogens with zero attached hydrogens (tertiary/aromatic N) is 3. The number of nitrogens with two attached hydrogens (primary N) is 1. The monoisotopic (exact) mass is 422 g/mol. The fraction of sp³-hybridized carbons (Fsp3) is 0.304. The van der Waals surface area contributed by atoms with Gasteiger partial charge in [0.05, 0.1) is 24.2 Å². The fourth-order valence-corrected chi connectivity index (χ4v) is 3.78. The summed E-state index contributed by atoms with van der Waals surface area (Å²) in [6.45, 7) is 2.70. The molecule has 0 saturated heterocycles. The van der Waals surface area contributed by atoms with E-state index in [1.54, 1.807) is 11.5 Å². The van der Waals surface area contributed by atoms with Crippen molar-refractivity contribution in [2.45, 2.75) is 38.4 Å². The van der Waals surface area contributed by atoms with Crippen molar-refractivity contribution in [1.29, 1.82) is 0 Å². The van der Waals surface area contributed by atoms with Crippen molar-refractivity contribution in [3.05, 3.63) is 55.0 Å². The van der Waals surface area contributed by atoms with E-state index in [9.17, 15) is 15.3 Å². The quantitative estimate of drug-likeness (QED) is 0.360. The molecule has 4 aromatic rings. The molecule has 8 nitrogen and oxygen atoms in total. The first-order chi connectivity index (χ1) is 14.9. The number of aliphatic hydroxyl groups is 3. The van der Waals surface area contributed by atoms with Crippen LogP contribution in [0.3, 0.4) is 0 Å². The summed E-state index contributed by atoms with van der Waals surface area (Å²) >= 11 is 0. The Morgan fingerprint density at radius 1 is 1.03 bits per heavy atom. The lowest BCUT2D eigenvalue weighted by Gasteiger charge is -2.28. The summed E-state index contributed by atoms with van der Waals surface area (Å²) in [5.41, 5.74) is 8.43. The molecule has 0 radical (unpaired) electrons. The molecule has 0 saturated carbocycles. The summed E-state index contributed by atoms with van der Waals surface area (Å²) in [7, 11) is 0. The molecule has 4 unspecified atom stereocenters. The molecule has 0 bridgehead atoms. The van der Waals surface area contributed by atoms with Gasteiger partial charge < -0.3 is 30.4 Å². The van der Waals surface area contributed by atoms with Gasteiger partial charge in [-0.05, 0) is 36.2 Å². The number of rotatable bonds is 7. The molecular weight excluding hydrogens is 396 g/mol. The number of anilines is 1. The highest BCUT2D eigenvalue weighted by Crippen LogP contribution is 2.36. The van der Waals surface area contributed by atoms with Crippen LogP contribution in [0.5, 0.6) is 0 Å². The molecule has 2 aromatic heterocycles. The Balaban J connectivity index is 1.89. The minimum Gasteiger partial charge on any atom is -0.394 e. The van der Waals surface area contributed by atoms with Gasteiger partial charge in [-0.15, -0.1) is 0 Å². The Kier molecular flexibility index (Phi) is 5.88. The lowest BCUT2D eigenvalue weighted by molar-refractivity contribution is -0.152. The first-order valence-electron chi connectivity index (χ1n) is 10.1. The summed E-state index contributed by atoms with van der Waals surface area (Å²) in [4.78, 5) is 8.54. The molecule has 162 valence electrons. The van der Waals surface area contributed by atoms with E-state index in [1.807, 2.05) is 42.6 Å². The largest absolute Gasteiger partial charge is 0.394 e. The summed E-state index contributed by atoms with van der Waals surface area (Å²) in [5.74, 6) is 0.311. The van der Waals surface area contributed by atoms with E-state index in [-0.39, 0.29) is 0 Å².